The van der Waals surface area contributed by atoms with Crippen molar-refractivity contribution in [2.45, 2.75) is 12.3 Å². The molecule has 0 aliphatic rings. The van der Waals surface area contributed by atoms with Crippen LogP contribution in [0.4, 0.5) is 0 Å². The van der Waals surface area contributed by atoms with Crippen molar-refractivity contribution in [1.82, 2.24) is 20.6 Å². The van der Waals surface area contributed by atoms with Gasteiger partial charge in [0.05, 0.1) is 26.6 Å². The molecule has 2 rings (SSSR count). The van der Waals surface area contributed by atoms with Crippen molar-refractivity contribution in [3.8, 4) is 5.75 Å². The van der Waals surface area contributed by atoms with E-state index in [1.807, 2.05) is 24.3 Å². The first-order valence-electron chi connectivity index (χ1n) is 5.68. The summed E-state index contributed by atoms with van der Waals surface area (Å²) in [6.07, 6.45) is 0.142. The average molecular weight is 262 g/mol. The average Bonchev–Trinajstić information content (AvgIpc) is 2.98. The zero-order chi connectivity index (χ0) is 13.7. The number of hydrogen-bond donors (Lipinski definition) is 1. The number of rotatable bonds is 5. The lowest BCUT2D eigenvalue weighted by atomic mass is 9.95. The normalized spacial score (nSPS) is 11.9. The maximum atomic E-state index is 11.5. The van der Waals surface area contributed by atoms with E-state index in [0.29, 0.717) is 11.6 Å². The zero-order valence-corrected chi connectivity index (χ0v) is 10.7. The van der Waals surface area contributed by atoms with Crippen molar-refractivity contribution in [2.24, 2.45) is 0 Å². The molecular formula is C12H14N4O3. The molecule has 0 aliphatic carbocycles. The van der Waals surface area contributed by atoms with E-state index in [1.165, 1.54) is 7.11 Å². The summed E-state index contributed by atoms with van der Waals surface area (Å²) in [5.74, 6) is 0.494. The van der Waals surface area contributed by atoms with Crippen LogP contribution in [0.1, 0.15) is 23.7 Å². The van der Waals surface area contributed by atoms with Gasteiger partial charge in [-0.25, -0.2) is 0 Å². The SMILES string of the molecule is COC(=O)CC(c1cccc(OC)c1)c1nn[nH]n1. The second-order valence-electron chi connectivity index (χ2n) is 3.88. The molecule has 1 atom stereocenters. The van der Waals surface area contributed by atoms with E-state index in [1.54, 1.807) is 7.11 Å². The molecular weight excluding hydrogens is 248 g/mol. The smallest absolute Gasteiger partial charge is 0.306 e. The highest BCUT2D eigenvalue weighted by atomic mass is 16.5. The number of carbonyl (C=O) groups is 1. The monoisotopic (exact) mass is 262 g/mol. The van der Waals surface area contributed by atoms with Gasteiger partial charge in [0.15, 0.2) is 5.82 Å². The van der Waals surface area contributed by atoms with Gasteiger partial charge >= 0.3 is 5.97 Å². The summed E-state index contributed by atoms with van der Waals surface area (Å²) in [6, 6.07) is 7.39. The Bertz CT molecular complexity index is 542. The van der Waals surface area contributed by atoms with Gasteiger partial charge in [-0.15, -0.1) is 10.2 Å². The number of H-pyrrole nitrogens is 1. The molecule has 7 heteroatoms. The molecule has 1 heterocycles. The molecule has 2 aromatic rings. The topological polar surface area (TPSA) is 90.0 Å². The number of methoxy groups -OCH3 is 2. The van der Waals surface area contributed by atoms with Crippen LogP contribution in [0.2, 0.25) is 0 Å². The molecule has 0 saturated carbocycles. The number of carbonyl (C=O) groups excluding carboxylic acids is 1. The molecule has 100 valence electrons. The van der Waals surface area contributed by atoms with Gasteiger partial charge in [0.1, 0.15) is 5.75 Å². The van der Waals surface area contributed by atoms with Crippen LogP contribution in [-0.4, -0.2) is 40.8 Å². The molecule has 19 heavy (non-hydrogen) atoms. The highest BCUT2D eigenvalue weighted by molar-refractivity contribution is 5.71. The number of aromatic nitrogens is 4. The van der Waals surface area contributed by atoms with Crippen LogP contribution in [0.5, 0.6) is 5.75 Å². The third-order valence-electron chi connectivity index (χ3n) is 2.77. The predicted octanol–water partition coefficient (Wildman–Crippen LogP) is 0.903. The van der Waals surface area contributed by atoms with Gasteiger partial charge in [0, 0.05) is 0 Å². The van der Waals surface area contributed by atoms with Crippen molar-refractivity contribution in [3.05, 3.63) is 35.7 Å². The Kier molecular flexibility index (Phi) is 4.07. The molecule has 1 aromatic carbocycles. The van der Waals surface area contributed by atoms with Gasteiger partial charge in [0.2, 0.25) is 0 Å². The molecule has 0 amide bonds. The van der Waals surface area contributed by atoms with Crippen LogP contribution < -0.4 is 4.74 Å². The zero-order valence-electron chi connectivity index (χ0n) is 10.7. The molecule has 0 spiro atoms. The summed E-state index contributed by atoms with van der Waals surface area (Å²) in [6.45, 7) is 0. The number of benzene rings is 1. The summed E-state index contributed by atoms with van der Waals surface area (Å²) in [5, 5.41) is 13.8. The molecule has 0 bridgehead atoms. The van der Waals surface area contributed by atoms with Crippen LogP contribution in [-0.2, 0) is 9.53 Å². The molecule has 0 fully saturated rings. The van der Waals surface area contributed by atoms with Crippen LogP contribution in [0.3, 0.4) is 0 Å². The molecule has 1 N–H and O–H groups in total. The molecule has 0 saturated heterocycles. The Labute approximate surface area is 109 Å². The lowest BCUT2D eigenvalue weighted by Gasteiger charge is -2.13. The summed E-state index contributed by atoms with van der Waals surface area (Å²) in [5.41, 5.74) is 0.867. The van der Waals surface area contributed by atoms with Crippen molar-refractivity contribution < 1.29 is 14.3 Å². The minimum absolute atomic E-state index is 0.142. The summed E-state index contributed by atoms with van der Waals surface area (Å²) < 4.78 is 9.87. The van der Waals surface area contributed by atoms with Crippen LogP contribution in [0.25, 0.3) is 0 Å². The van der Waals surface area contributed by atoms with E-state index >= 15 is 0 Å². The Morgan fingerprint density at radius 3 is 2.89 bits per heavy atom. The van der Waals surface area contributed by atoms with E-state index in [-0.39, 0.29) is 18.3 Å². The first-order chi connectivity index (χ1) is 9.24. The van der Waals surface area contributed by atoms with E-state index in [4.69, 9.17) is 9.47 Å². The summed E-state index contributed by atoms with van der Waals surface area (Å²) in [4.78, 5) is 11.5. The third-order valence-corrected chi connectivity index (χ3v) is 2.77. The van der Waals surface area contributed by atoms with Gasteiger partial charge in [-0.1, -0.05) is 17.3 Å². The van der Waals surface area contributed by atoms with Crippen molar-refractivity contribution in [1.29, 1.82) is 0 Å². The largest absolute Gasteiger partial charge is 0.497 e. The summed E-state index contributed by atoms with van der Waals surface area (Å²) >= 11 is 0. The molecule has 1 unspecified atom stereocenters. The highest BCUT2D eigenvalue weighted by Crippen LogP contribution is 2.27. The first-order valence-corrected chi connectivity index (χ1v) is 5.68. The predicted molar refractivity (Wildman–Crippen MR) is 65.6 cm³/mol. The van der Waals surface area contributed by atoms with Gasteiger partial charge in [-0.3, -0.25) is 4.79 Å². The first kappa shape index (κ1) is 13.0. The van der Waals surface area contributed by atoms with E-state index < -0.39 is 0 Å². The number of tetrazole rings is 1. The fourth-order valence-corrected chi connectivity index (χ4v) is 1.78. The number of nitrogens with one attached hydrogen (secondary N) is 1. The Morgan fingerprint density at radius 1 is 1.42 bits per heavy atom. The van der Waals surface area contributed by atoms with Crippen molar-refractivity contribution in [3.63, 3.8) is 0 Å². The van der Waals surface area contributed by atoms with Crippen LogP contribution in [0.15, 0.2) is 24.3 Å². The van der Waals surface area contributed by atoms with Crippen molar-refractivity contribution in [2.75, 3.05) is 14.2 Å². The maximum absolute atomic E-state index is 11.5. The fraction of sp³-hybridized carbons (Fsp3) is 0.333. The highest BCUT2D eigenvalue weighted by Gasteiger charge is 2.23. The molecule has 0 radical (unpaired) electrons. The lowest BCUT2D eigenvalue weighted by Crippen LogP contribution is -2.11. The number of nitrogens with zero attached hydrogens (tertiary/aromatic N) is 3. The quantitative estimate of drug-likeness (QED) is 0.805. The fourth-order valence-electron chi connectivity index (χ4n) is 1.78. The molecule has 0 aliphatic heterocycles. The number of esters is 1. The second kappa shape index (κ2) is 5.94. The Balaban J connectivity index is 2.33. The lowest BCUT2D eigenvalue weighted by molar-refractivity contribution is -0.140. The van der Waals surface area contributed by atoms with Gasteiger partial charge < -0.3 is 9.47 Å². The Morgan fingerprint density at radius 2 is 2.26 bits per heavy atom. The Hall–Kier alpha value is -2.44. The second-order valence-corrected chi connectivity index (χ2v) is 3.88. The van der Waals surface area contributed by atoms with E-state index in [9.17, 15) is 4.79 Å². The number of ether oxygens (including phenoxy) is 2. The van der Waals surface area contributed by atoms with Crippen LogP contribution >= 0.6 is 0 Å². The standard InChI is InChI=1S/C12H14N4O3/c1-18-9-5-3-4-8(6-9)10(7-11(17)19-2)12-13-15-16-14-12/h3-6,10H,7H2,1-2H3,(H,13,14,15,16). The van der Waals surface area contributed by atoms with E-state index in [0.717, 1.165) is 5.56 Å². The van der Waals surface area contributed by atoms with Crippen molar-refractivity contribution >= 4 is 5.97 Å². The number of aromatic amines is 1. The minimum atomic E-state index is -0.336. The van der Waals surface area contributed by atoms with E-state index in [2.05, 4.69) is 20.6 Å². The van der Waals surface area contributed by atoms with Gasteiger partial charge in [0.25, 0.3) is 0 Å². The van der Waals surface area contributed by atoms with Gasteiger partial charge in [-0.2, -0.15) is 5.21 Å². The third kappa shape index (κ3) is 3.06. The van der Waals surface area contributed by atoms with Gasteiger partial charge in [-0.05, 0) is 17.7 Å². The number of hydrogen-bond acceptors (Lipinski definition) is 6. The molecule has 7 nitrogen and oxygen atoms in total. The van der Waals surface area contributed by atoms with Crippen LogP contribution in [0, 0.1) is 0 Å². The molecule has 1 aromatic heterocycles. The summed E-state index contributed by atoms with van der Waals surface area (Å²) in [7, 11) is 2.93. The maximum Gasteiger partial charge on any atom is 0.306 e. The minimum Gasteiger partial charge on any atom is -0.497 e.